The van der Waals surface area contributed by atoms with Crippen LogP contribution < -0.4 is 5.73 Å². The van der Waals surface area contributed by atoms with Gasteiger partial charge in [0.1, 0.15) is 1.41 Å². The molecule has 0 aromatic rings. The van der Waals surface area contributed by atoms with Gasteiger partial charge < -0.3 is 5.73 Å². The van der Waals surface area contributed by atoms with Gasteiger partial charge in [-0.2, -0.15) is 0 Å². The summed E-state index contributed by atoms with van der Waals surface area (Å²) in [4.78, 5) is 0. The first-order valence-corrected chi connectivity index (χ1v) is 1.44. The fourth-order valence-corrected chi connectivity index (χ4v) is 0. The zero-order chi connectivity index (χ0) is 4.28. The minimum absolute atomic E-state index is 0. The molecule has 0 aliphatic carbocycles. The number of rotatable bonds is 1. The quantitative estimate of drug-likeness (QED) is 0.513. The SMILES string of the molecule is Cl.[2H]NC(C)C. The molecule has 0 rings (SSSR count). The smallest absolute Gasteiger partial charge is 0.119 e. The highest BCUT2D eigenvalue weighted by Gasteiger charge is 1.67. The lowest BCUT2D eigenvalue weighted by Crippen LogP contribution is -2.06. The van der Waals surface area contributed by atoms with Crippen molar-refractivity contribution in [3.8, 4) is 0 Å². The molecular weight excluding hydrogens is 85.5 g/mol. The van der Waals surface area contributed by atoms with Crippen LogP contribution in [0.3, 0.4) is 0 Å². The van der Waals surface area contributed by atoms with Crippen LogP contribution in [0.4, 0.5) is 0 Å². The molecule has 0 aromatic heterocycles. The molecule has 0 heterocycles. The minimum Gasteiger partial charge on any atom is -0.328 e. The van der Waals surface area contributed by atoms with Crippen LogP contribution in [0.15, 0.2) is 0 Å². The van der Waals surface area contributed by atoms with Crippen molar-refractivity contribution in [2.24, 2.45) is 5.73 Å². The standard InChI is InChI=1S/C3H9N.ClH/c1-3(2)4;/h3H,4H2,1-2H3;1H/i/hD. The maximum Gasteiger partial charge on any atom is 0.119 e. The van der Waals surface area contributed by atoms with Crippen molar-refractivity contribution in [1.82, 2.24) is 0 Å². The van der Waals surface area contributed by atoms with E-state index in [0.29, 0.717) is 6.04 Å². The van der Waals surface area contributed by atoms with Gasteiger partial charge >= 0.3 is 0 Å². The van der Waals surface area contributed by atoms with E-state index in [1.54, 1.807) is 0 Å². The first kappa shape index (κ1) is 5.25. The second kappa shape index (κ2) is 4.25. The van der Waals surface area contributed by atoms with Gasteiger partial charge in [0.15, 0.2) is 0 Å². The topological polar surface area (TPSA) is 26.0 Å². The average Bonchev–Trinajstić information content (AvgIpc) is 1.38. The first-order valence-electron chi connectivity index (χ1n) is 1.94. The van der Waals surface area contributed by atoms with E-state index < -0.39 is 0 Å². The molecule has 34 valence electrons. The van der Waals surface area contributed by atoms with Crippen LogP contribution in [0.1, 0.15) is 13.8 Å². The molecule has 0 saturated carbocycles. The summed E-state index contributed by atoms with van der Waals surface area (Å²) in [5, 5.41) is 0. The van der Waals surface area contributed by atoms with Crippen LogP contribution in [-0.2, 0) is 0 Å². The van der Waals surface area contributed by atoms with E-state index in [1.807, 2.05) is 13.8 Å². The van der Waals surface area contributed by atoms with Crippen molar-refractivity contribution in [2.45, 2.75) is 19.9 Å². The highest BCUT2D eigenvalue weighted by molar-refractivity contribution is 5.85. The molecule has 0 aliphatic rings. The van der Waals surface area contributed by atoms with Crippen LogP contribution in [0.25, 0.3) is 0 Å². The molecule has 5 heavy (non-hydrogen) atoms. The molecule has 0 unspecified atom stereocenters. The second-order valence-electron chi connectivity index (χ2n) is 1.15. The summed E-state index contributed by atoms with van der Waals surface area (Å²) in [7, 11) is 0. The third kappa shape index (κ3) is 344. The third-order valence-electron chi connectivity index (χ3n) is 0. The summed E-state index contributed by atoms with van der Waals surface area (Å²) in [5.41, 5.74) is 2.28. The largest absolute Gasteiger partial charge is 0.328 e. The number of hydrogen-bond donors (Lipinski definition) is 1. The summed E-state index contributed by atoms with van der Waals surface area (Å²) in [6.07, 6.45) is 0. The lowest BCUT2D eigenvalue weighted by atomic mass is 10.5. The lowest BCUT2D eigenvalue weighted by molar-refractivity contribution is 0.834. The van der Waals surface area contributed by atoms with E-state index in [2.05, 4.69) is 5.73 Å². The van der Waals surface area contributed by atoms with Crippen LogP contribution in [-0.4, -0.2) is 6.04 Å². The molecule has 0 saturated heterocycles. The van der Waals surface area contributed by atoms with E-state index in [9.17, 15) is 0 Å². The van der Waals surface area contributed by atoms with Gasteiger partial charge in [-0.05, 0) is 6.04 Å². The summed E-state index contributed by atoms with van der Waals surface area (Å²) in [6.45, 7) is 3.85. The Bertz CT molecular complexity index is 24.8. The van der Waals surface area contributed by atoms with Crippen LogP contribution >= 0.6 is 12.4 Å². The van der Waals surface area contributed by atoms with Gasteiger partial charge in [-0.25, -0.2) is 0 Å². The summed E-state index contributed by atoms with van der Waals surface area (Å²) >= 11 is 0. The highest BCUT2D eigenvalue weighted by Crippen LogP contribution is 1.58. The van der Waals surface area contributed by atoms with Crippen LogP contribution in [0, 0.1) is 0 Å². The molecule has 2 heteroatoms. The maximum atomic E-state index is 6.41. The molecule has 0 amide bonds. The zero-order valence-electron chi connectivity index (χ0n) is 4.49. The summed E-state index contributed by atoms with van der Waals surface area (Å²) in [6, 6.07) is 0.301. The van der Waals surface area contributed by atoms with Crippen molar-refractivity contribution in [3.05, 3.63) is 0 Å². The van der Waals surface area contributed by atoms with Gasteiger partial charge in [0.05, 0.1) is 0 Å². The number of nitrogens with two attached hydrogens (primary N) is 1. The Morgan fingerprint density at radius 3 is 2.00 bits per heavy atom. The Morgan fingerprint density at radius 2 is 2.00 bits per heavy atom. The third-order valence-corrected chi connectivity index (χ3v) is 0. The van der Waals surface area contributed by atoms with Crippen molar-refractivity contribution in [1.29, 1.82) is 0 Å². The van der Waals surface area contributed by atoms with Gasteiger partial charge in [-0.15, -0.1) is 12.4 Å². The van der Waals surface area contributed by atoms with Crippen molar-refractivity contribution >= 4 is 12.4 Å². The number of halogens is 1. The van der Waals surface area contributed by atoms with Crippen molar-refractivity contribution < 1.29 is 1.41 Å². The molecule has 0 bridgehead atoms. The molecular formula is C3H10ClN. The Labute approximate surface area is 40.4 Å². The average molecular weight is 96.6 g/mol. The predicted molar refractivity (Wildman–Crippen MR) is 26.6 cm³/mol. The van der Waals surface area contributed by atoms with Gasteiger partial charge in [-0.3, -0.25) is 0 Å². The van der Waals surface area contributed by atoms with Gasteiger partial charge in [0.2, 0.25) is 0 Å². The van der Waals surface area contributed by atoms with E-state index in [-0.39, 0.29) is 12.4 Å². The Morgan fingerprint density at radius 1 is 1.80 bits per heavy atom. The maximum absolute atomic E-state index is 6.41. The van der Waals surface area contributed by atoms with Gasteiger partial charge in [-0.1, -0.05) is 13.8 Å². The molecule has 0 aliphatic heterocycles. The van der Waals surface area contributed by atoms with Crippen molar-refractivity contribution in [2.75, 3.05) is 0 Å². The predicted octanol–water partition coefficient (Wildman–Crippen LogP) is 0.775. The van der Waals surface area contributed by atoms with Gasteiger partial charge in [0, 0.05) is 0 Å². The normalized spacial score (nSPS) is 9.80. The van der Waals surface area contributed by atoms with E-state index in [1.165, 1.54) is 0 Å². The van der Waals surface area contributed by atoms with Crippen molar-refractivity contribution in [3.63, 3.8) is 0 Å². The first-order chi connectivity index (χ1) is 2.27. The lowest BCUT2D eigenvalue weighted by Gasteiger charge is -1.81. The van der Waals surface area contributed by atoms with E-state index in [4.69, 9.17) is 1.41 Å². The molecule has 0 fully saturated rings. The summed E-state index contributed by atoms with van der Waals surface area (Å²) in [5.74, 6) is 0. The minimum atomic E-state index is 0. The Hall–Kier alpha value is 0.250. The van der Waals surface area contributed by atoms with Gasteiger partial charge in [0.25, 0.3) is 0 Å². The molecule has 0 spiro atoms. The molecule has 0 atom stereocenters. The zero-order valence-corrected chi connectivity index (χ0v) is 4.30. The second-order valence-corrected chi connectivity index (χ2v) is 1.15. The fourth-order valence-electron chi connectivity index (χ4n) is 0. The Balaban J connectivity index is 0. The van der Waals surface area contributed by atoms with E-state index in [0.717, 1.165) is 0 Å². The van der Waals surface area contributed by atoms with Crippen LogP contribution in [0.2, 0.25) is 1.41 Å². The monoisotopic (exact) mass is 96.1 g/mol. The highest BCUT2D eigenvalue weighted by atomic mass is 35.5. The molecule has 0 aromatic carbocycles. The molecule has 0 radical (unpaired) electrons. The van der Waals surface area contributed by atoms with Crippen LogP contribution in [0.5, 0.6) is 0 Å². The summed E-state index contributed by atoms with van der Waals surface area (Å²) < 4.78 is 6.41. The van der Waals surface area contributed by atoms with E-state index >= 15 is 0 Å². The molecule has 2 N–H and O–H groups in total. The number of hydrogen-bond acceptors (Lipinski definition) is 1. The Kier molecular flexibility index (Phi) is 4.46. The molecule has 1 nitrogen and oxygen atoms in total. The fraction of sp³-hybridized carbons (Fsp3) is 1.00.